The number of hydrogen-bond donors (Lipinski definition) is 3. The highest BCUT2D eigenvalue weighted by Gasteiger charge is 2.18. The molecule has 3 N–H and O–H groups in total. The van der Waals surface area contributed by atoms with Gasteiger partial charge in [-0.05, 0) is 25.1 Å². The molecule has 0 unspecified atom stereocenters. The van der Waals surface area contributed by atoms with Crippen molar-refractivity contribution < 1.29 is 4.79 Å². The molecule has 6 heteroatoms. The summed E-state index contributed by atoms with van der Waals surface area (Å²) < 4.78 is 0. The molecule has 0 radical (unpaired) electrons. The van der Waals surface area contributed by atoms with E-state index in [9.17, 15) is 4.79 Å². The predicted octanol–water partition coefficient (Wildman–Crippen LogP) is 0.915. The van der Waals surface area contributed by atoms with Gasteiger partial charge in [0.05, 0.1) is 18.1 Å². The normalized spacial score (nSPS) is 14.2. The van der Waals surface area contributed by atoms with Crippen molar-refractivity contribution in [1.29, 1.82) is 5.26 Å². The molecule has 1 aliphatic rings. The molecule has 2 aromatic rings. The maximum absolute atomic E-state index is 11.9. The Morgan fingerprint density at radius 3 is 2.95 bits per heavy atom. The highest BCUT2D eigenvalue weighted by molar-refractivity contribution is 5.94. The van der Waals surface area contributed by atoms with E-state index in [2.05, 4.69) is 27.0 Å². The van der Waals surface area contributed by atoms with Crippen LogP contribution in [0.1, 0.15) is 11.3 Å². The smallest absolute Gasteiger partial charge is 0.239 e. The van der Waals surface area contributed by atoms with Gasteiger partial charge in [0.25, 0.3) is 0 Å². The molecule has 3 rings (SSSR count). The lowest BCUT2D eigenvalue weighted by Crippen LogP contribution is -2.57. The highest BCUT2D eigenvalue weighted by atomic mass is 16.2. The lowest BCUT2D eigenvalue weighted by atomic mass is 10.1. The molecule has 112 valence electrons. The van der Waals surface area contributed by atoms with E-state index in [0.717, 1.165) is 35.2 Å². The monoisotopic (exact) mass is 295 g/mol. The van der Waals surface area contributed by atoms with E-state index in [1.54, 1.807) is 6.07 Å². The van der Waals surface area contributed by atoms with E-state index in [1.165, 1.54) is 0 Å². The first kappa shape index (κ1) is 14.3. The lowest BCUT2D eigenvalue weighted by Gasteiger charge is -2.28. The largest absolute Gasteiger partial charge is 0.376 e. The van der Waals surface area contributed by atoms with Crippen LogP contribution in [0.4, 0.5) is 5.69 Å². The van der Waals surface area contributed by atoms with Gasteiger partial charge in [-0.1, -0.05) is 11.6 Å². The number of aryl methyl sites for hydroxylation is 1. The Morgan fingerprint density at radius 2 is 2.27 bits per heavy atom. The Bertz CT molecular complexity index is 761. The van der Waals surface area contributed by atoms with E-state index in [0.29, 0.717) is 5.69 Å². The second-order valence-corrected chi connectivity index (χ2v) is 5.46. The number of carbonyl (C=O) groups excluding carboxylic acids is 1. The Kier molecular flexibility index (Phi) is 3.90. The standard InChI is InChI=1S/C16H17N5O/c1-10-2-3-14-13(4-10)15(5-11(6-17)20-14)19-9-16(22)21-12-7-18-8-12/h2-5,12,18H,7-9H2,1H3,(H,19,20)(H,21,22). The molecule has 1 aromatic carbocycles. The number of carbonyl (C=O) groups is 1. The first-order valence-electron chi connectivity index (χ1n) is 7.21. The maximum Gasteiger partial charge on any atom is 0.239 e. The van der Waals surface area contributed by atoms with E-state index in [1.807, 2.05) is 25.1 Å². The van der Waals surface area contributed by atoms with Crippen LogP contribution in [0, 0.1) is 18.3 Å². The Balaban J connectivity index is 1.80. The number of fused-ring (bicyclic) bond motifs is 1. The van der Waals surface area contributed by atoms with Crippen molar-refractivity contribution in [3.8, 4) is 6.07 Å². The zero-order chi connectivity index (χ0) is 15.5. The third-order valence-corrected chi connectivity index (χ3v) is 3.66. The SMILES string of the molecule is Cc1ccc2nc(C#N)cc(NCC(=O)NC3CNC3)c2c1. The number of hydrogen-bond acceptors (Lipinski definition) is 5. The molecular formula is C16H17N5O. The zero-order valence-corrected chi connectivity index (χ0v) is 12.3. The van der Waals surface area contributed by atoms with E-state index < -0.39 is 0 Å². The lowest BCUT2D eigenvalue weighted by molar-refractivity contribution is -0.120. The molecule has 1 aliphatic heterocycles. The van der Waals surface area contributed by atoms with Crippen LogP contribution in [0.3, 0.4) is 0 Å². The van der Waals surface area contributed by atoms with Crippen LogP contribution >= 0.6 is 0 Å². The van der Waals surface area contributed by atoms with Crippen LogP contribution < -0.4 is 16.0 Å². The van der Waals surface area contributed by atoms with Crippen molar-refractivity contribution in [2.75, 3.05) is 25.0 Å². The fourth-order valence-corrected chi connectivity index (χ4v) is 2.39. The van der Waals surface area contributed by atoms with Gasteiger partial charge < -0.3 is 16.0 Å². The van der Waals surface area contributed by atoms with Gasteiger partial charge in [-0.2, -0.15) is 5.26 Å². The molecule has 0 atom stereocenters. The molecule has 0 saturated carbocycles. The molecule has 1 amide bonds. The highest BCUT2D eigenvalue weighted by Crippen LogP contribution is 2.24. The minimum Gasteiger partial charge on any atom is -0.376 e. The number of benzene rings is 1. The molecule has 6 nitrogen and oxygen atoms in total. The maximum atomic E-state index is 11.9. The second-order valence-electron chi connectivity index (χ2n) is 5.46. The van der Waals surface area contributed by atoms with Crippen LogP contribution in [0.15, 0.2) is 24.3 Å². The number of nitrogens with one attached hydrogen (secondary N) is 3. The molecule has 22 heavy (non-hydrogen) atoms. The first-order valence-corrected chi connectivity index (χ1v) is 7.21. The Morgan fingerprint density at radius 1 is 1.45 bits per heavy atom. The number of amides is 1. The van der Waals surface area contributed by atoms with Gasteiger partial charge in [-0.15, -0.1) is 0 Å². The minimum absolute atomic E-state index is 0.0531. The van der Waals surface area contributed by atoms with Gasteiger partial charge in [-0.25, -0.2) is 4.98 Å². The number of anilines is 1. The molecular weight excluding hydrogens is 278 g/mol. The average molecular weight is 295 g/mol. The summed E-state index contributed by atoms with van der Waals surface area (Å²) in [4.78, 5) is 16.2. The van der Waals surface area contributed by atoms with Crippen molar-refractivity contribution in [3.05, 3.63) is 35.5 Å². The van der Waals surface area contributed by atoms with Crippen LogP contribution in [0.5, 0.6) is 0 Å². The Labute approximate surface area is 128 Å². The van der Waals surface area contributed by atoms with E-state index in [-0.39, 0.29) is 18.5 Å². The van der Waals surface area contributed by atoms with Gasteiger partial charge in [-0.3, -0.25) is 4.79 Å². The van der Waals surface area contributed by atoms with Gasteiger partial charge in [0, 0.05) is 24.2 Å². The van der Waals surface area contributed by atoms with Gasteiger partial charge in [0.15, 0.2) is 0 Å². The topological polar surface area (TPSA) is 89.8 Å². The van der Waals surface area contributed by atoms with Crippen LogP contribution in [-0.4, -0.2) is 36.6 Å². The van der Waals surface area contributed by atoms with Gasteiger partial charge in [0.1, 0.15) is 11.8 Å². The minimum atomic E-state index is -0.0531. The summed E-state index contributed by atoms with van der Waals surface area (Å²) in [6, 6.07) is 9.80. The summed E-state index contributed by atoms with van der Waals surface area (Å²) in [5, 5.41) is 19.2. The summed E-state index contributed by atoms with van der Waals surface area (Å²) >= 11 is 0. The third kappa shape index (κ3) is 3.00. The van der Waals surface area contributed by atoms with Gasteiger partial charge >= 0.3 is 0 Å². The quantitative estimate of drug-likeness (QED) is 0.780. The van der Waals surface area contributed by atoms with Crippen molar-refractivity contribution >= 4 is 22.5 Å². The molecule has 1 aromatic heterocycles. The fourth-order valence-electron chi connectivity index (χ4n) is 2.39. The van der Waals surface area contributed by atoms with E-state index >= 15 is 0 Å². The summed E-state index contributed by atoms with van der Waals surface area (Å²) in [5.74, 6) is -0.0531. The number of nitrogens with zero attached hydrogens (tertiary/aromatic N) is 2. The summed E-state index contributed by atoms with van der Waals surface area (Å²) in [6.07, 6.45) is 0. The second kappa shape index (κ2) is 6.00. The summed E-state index contributed by atoms with van der Waals surface area (Å²) in [5.41, 5.74) is 2.94. The summed E-state index contributed by atoms with van der Waals surface area (Å²) in [6.45, 7) is 3.82. The number of pyridine rings is 1. The van der Waals surface area contributed by atoms with E-state index in [4.69, 9.17) is 5.26 Å². The molecule has 0 aliphatic carbocycles. The van der Waals surface area contributed by atoms with Crippen molar-refractivity contribution in [3.63, 3.8) is 0 Å². The number of aromatic nitrogens is 1. The average Bonchev–Trinajstić information content (AvgIpc) is 2.48. The predicted molar refractivity (Wildman–Crippen MR) is 84.5 cm³/mol. The van der Waals surface area contributed by atoms with Crippen LogP contribution in [0.2, 0.25) is 0 Å². The molecule has 0 bridgehead atoms. The summed E-state index contributed by atoms with van der Waals surface area (Å²) in [7, 11) is 0. The fraction of sp³-hybridized carbons (Fsp3) is 0.312. The van der Waals surface area contributed by atoms with Crippen molar-refractivity contribution in [1.82, 2.24) is 15.6 Å². The third-order valence-electron chi connectivity index (χ3n) is 3.66. The van der Waals surface area contributed by atoms with Crippen molar-refractivity contribution in [2.45, 2.75) is 13.0 Å². The molecule has 1 saturated heterocycles. The first-order chi connectivity index (χ1) is 10.7. The molecule has 0 spiro atoms. The molecule has 2 heterocycles. The number of rotatable bonds is 4. The Hall–Kier alpha value is -2.65. The zero-order valence-electron chi connectivity index (χ0n) is 12.3. The van der Waals surface area contributed by atoms with Crippen molar-refractivity contribution in [2.24, 2.45) is 0 Å². The van der Waals surface area contributed by atoms with Crippen LogP contribution in [0.25, 0.3) is 10.9 Å². The number of nitriles is 1. The van der Waals surface area contributed by atoms with Gasteiger partial charge in [0.2, 0.25) is 5.91 Å². The van der Waals surface area contributed by atoms with Crippen LogP contribution in [-0.2, 0) is 4.79 Å². The molecule has 1 fully saturated rings.